The van der Waals surface area contributed by atoms with Crippen molar-refractivity contribution in [2.75, 3.05) is 13.7 Å². The Morgan fingerprint density at radius 1 is 1.24 bits per heavy atom. The van der Waals surface area contributed by atoms with Gasteiger partial charge < -0.3 is 15.4 Å². The molecule has 1 saturated carbocycles. The number of amides is 2. The van der Waals surface area contributed by atoms with Crippen LogP contribution in [0.3, 0.4) is 0 Å². The van der Waals surface area contributed by atoms with Crippen LogP contribution < -0.4 is 15.4 Å². The van der Waals surface area contributed by atoms with Gasteiger partial charge in [0.1, 0.15) is 5.75 Å². The highest BCUT2D eigenvalue weighted by Crippen LogP contribution is 2.27. The Kier molecular flexibility index (Phi) is 5.93. The second-order valence-corrected chi connectivity index (χ2v) is 6.49. The molecular formula is C19H26N4O2. The van der Waals surface area contributed by atoms with Crippen LogP contribution in [-0.4, -0.2) is 35.5 Å². The minimum absolute atomic E-state index is 0.0731. The Morgan fingerprint density at radius 2 is 2.00 bits per heavy atom. The number of hydrogen-bond acceptors (Lipinski definition) is 3. The Bertz CT molecular complexity index is 647. The predicted molar refractivity (Wildman–Crippen MR) is 96.8 cm³/mol. The number of hydrogen-bond donors (Lipinski definition) is 2. The van der Waals surface area contributed by atoms with Crippen molar-refractivity contribution in [2.24, 2.45) is 0 Å². The monoisotopic (exact) mass is 342 g/mol. The molecule has 0 saturated heterocycles. The first kappa shape index (κ1) is 17.3. The lowest BCUT2D eigenvalue weighted by atomic mass is 9.91. The van der Waals surface area contributed by atoms with Gasteiger partial charge in [-0.3, -0.25) is 4.68 Å². The highest BCUT2D eigenvalue weighted by atomic mass is 16.5. The standard InChI is InChI=1S/C19H26N4O2/c1-25-18-9-3-15(4-10-18)11-13-20-19(24)22-16-5-7-17(8-6-16)23-14-2-12-21-23/h2-4,9-10,12,14,16-17H,5-8,11,13H2,1H3,(H2,20,22,24). The second-order valence-electron chi connectivity index (χ2n) is 6.49. The van der Waals surface area contributed by atoms with Gasteiger partial charge in [0.25, 0.3) is 0 Å². The largest absolute Gasteiger partial charge is 0.497 e. The number of methoxy groups -OCH3 is 1. The molecule has 0 atom stereocenters. The minimum atomic E-state index is -0.0731. The van der Waals surface area contributed by atoms with Crippen LogP contribution in [0, 0.1) is 0 Å². The molecule has 1 aromatic carbocycles. The van der Waals surface area contributed by atoms with Crippen molar-refractivity contribution in [1.29, 1.82) is 0 Å². The second kappa shape index (κ2) is 8.55. The highest BCUT2D eigenvalue weighted by molar-refractivity contribution is 5.74. The number of urea groups is 1. The Labute approximate surface area is 148 Å². The molecule has 3 rings (SSSR count). The molecule has 0 bridgehead atoms. The molecule has 0 unspecified atom stereocenters. The summed E-state index contributed by atoms with van der Waals surface area (Å²) in [6.45, 7) is 0.626. The summed E-state index contributed by atoms with van der Waals surface area (Å²) in [4.78, 5) is 12.1. The molecule has 1 heterocycles. The minimum Gasteiger partial charge on any atom is -0.497 e. The summed E-state index contributed by atoms with van der Waals surface area (Å²) in [5, 5.41) is 10.4. The van der Waals surface area contributed by atoms with Crippen LogP contribution in [0.2, 0.25) is 0 Å². The molecule has 6 heteroatoms. The molecule has 6 nitrogen and oxygen atoms in total. The average Bonchev–Trinajstić information content (AvgIpc) is 3.18. The normalized spacial score (nSPS) is 20.0. The number of rotatable bonds is 6. The van der Waals surface area contributed by atoms with E-state index in [1.807, 2.05) is 47.4 Å². The first-order valence-electron chi connectivity index (χ1n) is 8.91. The average molecular weight is 342 g/mol. The van der Waals surface area contributed by atoms with E-state index in [1.165, 1.54) is 5.56 Å². The van der Waals surface area contributed by atoms with Crippen molar-refractivity contribution in [3.8, 4) is 5.75 Å². The van der Waals surface area contributed by atoms with Crippen molar-refractivity contribution in [3.05, 3.63) is 48.3 Å². The van der Waals surface area contributed by atoms with Gasteiger partial charge >= 0.3 is 6.03 Å². The zero-order chi connectivity index (χ0) is 17.5. The van der Waals surface area contributed by atoms with E-state index in [-0.39, 0.29) is 12.1 Å². The fourth-order valence-electron chi connectivity index (χ4n) is 3.33. The number of aromatic nitrogens is 2. The topological polar surface area (TPSA) is 68.2 Å². The van der Waals surface area contributed by atoms with Crippen LogP contribution in [0.1, 0.15) is 37.3 Å². The van der Waals surface area contributed by atoms with Crippen LogP contribution in [-0.2, 0) is 6.42 Å². The summed E-state index contributed by atoms with van der Waals surface area (Å²) in [7, 11) is 1.66. The Morgan fingerprint density at radius 3 is 2.64 bits per heavy atom. The summed E-state index contributed by atoms with van der Waals surface area (Å²) in [5.74, 6) is 0.847. The molecule has 0 spiro atoms. The van der Waals surface area contributed by atoms with Gasteiger partial charge in [-0.2, -0.15) is 5.10 Å². The van der Waals surface area contributed by atoms with Gasteiger partial charge in [0.05, 0.1) is 13.2 Å². The van der Waals surface area contributed by atoms with E-state index < -0.39 is 0 Å². The van der Waals surface area contributed by atoms with E-state index in [1.54, 1.807) is 7.11 Å². The van der Waals surface area contributed by atoms with E-state index in [2.05, 4.69) is 15.7 Å². The molecule has 134 valence electrons. The zero-order valence-corrected chi connectivity index (χ0v) is 14.6. The summed E-state index contributed by atoms with van der Waals surface area (Å²) < 4.78 is 7.18. The molecule has 1 fully saturated rings. The Balaban J connectivity index is 1.34. The first-order chi connectivity index (χ1) is 12.2. The van der Waals surface area contributed by atoms with E-state index in [9.17, 15) is 4.79 Å². The van der Waals surface area contributed by atoms with Crippen LogP contribution in [0.4, 0.5) is 4.79 Å². The number of ether oxygens (including phenoxy) is 1. The number of carbonyl (C=O) groups excluding carboxylic acids is 1. The van der Waals surface area contributed by atoms with Crippen molar-refractivity contribution >= 4 is 6.03 Å². The van der Waals surface area contributed by atoms with Gasteiger partial charge in [0.2, 0.25) is 0 Å². The van der Waals surface area contributed by atoms with E-state index in [4.69, 9.17) is 4.74 Å². The molecule has 1 aliphatic carbocycles. The number of benzene rings is 1. The smallest absolute Gasteiger partial charge is 0.315 e. The van der Waals surface area contributed by atoms with Crippen molar-refractivity contribution < 1.29 is 9.53 Å². The third kappa shape index (κ3) is 4.98. The third-order valence-electron chi connectivity index (χ3n) is 4.79. The summed E-state index contributed by atoms with van der Waals surface area (Å²) in [6, 6.07) is 10.5. The third-order valence-corrected chi connectivity index (χ3v) is 4.79. The van der Waals surface area contributed by atoms with Gasteiger partial charge in [-0.05, 0) is 55.9 Å². The van der Waals surface area contributed by atoms with Gasteiger partial charge in [0.15, 0.2) is 0 Å². The van der Waals surface area contributed by atoms with E-state index in [0.717, 1.165) is 37.9 Å². The molecule has 0 aliphatic heterocycles. The predicted octanol–water partition coefficient (Wildman–Crippen LogP) is 2.92. The molecule has 1 aromatic heterocycles. The van der Waals surface area contributed by atoms with Crippen LogP contribution in [0.15, 0.2) is 42.7 Å². The quantitative estimate of drug-likeness (QED) is 0.848. The van der Waals surface area contributed by atoms with Crippen LogP contribution in [0.25, 0.3) is 0 Å². The lowest BCUT2D eigenvalue weighted by Gasteiger charge is -2.29. The van der Waals surface area contributed by atoms with Crippen LogP contribution >= 0.6 is 0 Å². The lowest BCUT2D eigenvalue weighted by Crippen LogP contribution is -2.44. The molecule has 2 N–H and O–H groups in total. The maximum atomic E-state index is 12.1. The van der Waals surface area contributed by atoms with Crippen molar-refractivity contribution in [3.63, 3.8) is 0 Å². The molecular weight excluding hydrogens is 316 g/mol. The van der Waals surface area contributed by atoms with Crippen molar-refractivity contribution in [1.82, 2.24) is 20.4 Å². The van der Waals surface area contributed by atoms with E-state index in [0.29, 0.717) is 12.6 Å². The summed E-state index contributed by atoms with van der Waals surface area (Å²) in [6.07, 6.45) is 8.75. The zero-order valence-electron chi connectivity index (χ0n) is 14.6. The van der Waals surface area contributed by atoms with Crippen molar-refractivity contribution in [2.45, 2.75) is 44.2 Å². The maximum Gasteiger partial charge on any atom is 0.315 e. The van der Waals surface area contributed by atoms with Gasteiger partial charge in [-0.1, -0.05) is 12.1 Å². The molecule has 2 aromatic rings. The fraction of sp³-hybridized carbons (Fsp3) is 0.474. The maximum absolute atomic E-state index is 12.1. The Hall–Kier alpha value is -2.50. The number of carbonyl (C=O) groups is 1. The molecule has 0 radical (unpaired) electrons. The van der Waals surface area contributed by atoms with E-state index >= 15 is 0 Å². The summed E-state index contributed by atoms with van der Waals surface area (Å²) >= 11 is 0. The van der Waals surface area contributed by atoms with Gasteiger partial charge in [0, 0.05) is 25.0 Å². The first-order valence-corrected chi connectivity index (χ1v) is 8.91. The number of nitrogens with zero attached hydrogens (tertiary/aromatic N) is 2. The van der Waals surface area contributed by atoms with Gasteiger partial charge in [-0.25, -0.2) is 4.79 Å². The SMILES string of the molecule is COc1ccc(CCNC(=O)NC2CCC(n3cccn3)CC2)cc1. The molecule has 2 amide bonds. The lowest BCUT2D eigenvalue weighted by molar-refractivity contribution is 0.225. The highest BCUT2D eigenvalue weighted by Gasteiger charge is 2.23. The van der Waals surface area contributed by atoms with Gasteiger partial charge in [-0.15, -0.1) is 0 Å². The summed E-state index contributed by atoms with van der Waals surface area (Å²) in [5.41, 5.74) is 1.18. The number of nitrogens with one attached hydrogen (secondary N) is 2. The van der Waals surface area contributed by atoms with Crippen LogP contribution in [0.5, 0.6) is 5.75 Å². The molecule has 1 aliphatic rings. The molecule has 25 heavy (non-hydrogen) atoms. The fourth-order valence-corrected chi connectivity index (χ4v) is 3.33.